The van der Waals surface area contributed by atoms with Crippen molar-refractivity contribution in [3.63, 3.8) is 0 Å². The number of nitro benzene ring substituents is 1. The molecule has 3 rings (SSSR count). The Morgan fingerprint density at radius 2 is 1.95 bits per heavy atom. The number of nitrogens with one attached hydrogen (secondary N) is 1. The van der Waals surface area contributed by atoms with Gasteiger partial charge in [-0.2, -0.15) is 0 Å². The van der Waals surface area contributed by atoms with Crippen LogP contribution in [-0.4, -0.2) is 42.8 Å². The highest BCUT2D eigenvalue weighted by Gasteiger charge is 2.29. The topological polar surface area (TPSA) is 76.9 Å². The summed E-state index contributed by atoms with van der Waals surface area (Å²) in [5, 5.41) is 14.6. The first-order valence-corrected chi connectivity index (χ1v) is 6.69. The minimum Gasteiger partial charge on any atom is -0.454 e. The molecule has 1 fully saturated rings. The number of fused-ring (bicyclic) bond motifs is 1. The monoisotopic (exact) mass is 279 g/mol. The molecular weight excluding hydrogens is 262 g/mol. The zero-order valence-corrected chi connectivity index (χ0v) is 11.3. The van der Waals surface area contributed by atoms with Gasteiger partial charge >= 0.3 is 0 Å². The fourth-order valence-electron chi connectivity index (χ4n) is 2.71. The molecule has 0 saturated carbocycles. The second-order valence-electron chi connectivity index (χ2n) is 4.98. The van der Waals surface area contributed by atoms with Gasteiger partial charge in [0.05, 0.1) is 16.6 Å². The van der Waals surface area contributed by atoms with Crippen molar-refractivity contribution in [3.05, 3.63) is 27.8 Å². The highest BCUT2D eigenvalue weighted by Crippen LogP contribution is 2.41. The lowest BCUT2D eigenvalue weighted by Crippen LogP contribution is -2.44. The molecule has 0 aromatic heterocycles. The van der Waals surface area contributed by atoms with Crippen molar-refractivity contribution in [2.75, 3.05) is 33.0 Å². The van der Waals surface area contributed by atoms with Crippen molar-refractivity contribution >= 4 is 5.69 Å². The summed E-state index contributed by atoms with van der Waals surface area (Å²) in [6.07, 6.45) is 0. The van der Waals surface area contributed by atoms with Crippen molar-refractivity contribution in [1.29, 1.82) is 0 Å². The van der Waals surface area contributed by atoms with Gasteiger partial charge in [-0.15, -0.1) is 0 Å². The first kappa shape index (κ1) is 13.1. The van der Waals surface area contributed by atoms with Gasteiger partial charge in [0, 0.05) is 32.2 Å². The van der Waals surface area contributed by atoms with E-state index < -0.39 is 0 Å². The molecule has 0 bridgehead atoms. The molecule has 0 aliphatic carbocycles. The van der Waals surface area contributed by atoms with E-state index in [1.54, 1.807) is 6.07 Å². The van der Waals surface area contributed by atoms with E-state index in [2.05, 4.69) is 10.2 Å². The second-order valence-corrected chi connectivity index (χ2v) is 4.98. The fraction of sp³-hybridized carbons (Fsp3) is 0.538. The van der Waals surface area contributed by atoms with Gasteiger partial charge in [0.2, 0.25) is 6.79 Å². The van der Waals surface area contributed by atoms with Crippen molar-refractivity contribution in [1.82, 2.24) is 10.2 Å². The molecule has 0 radical (unpaired) electrons. The molecule has 1 aromatic carbocycles. The van der Waals surface area contributed by atoms with E-state index in [0.717, 1.165) is 26.2 Å². The predicted molar refractivity (Wildman–Crippen MR) is 72.1 cm³/mol. The summed E-state index contributed by atoms with van der Waals surface area (Å²) in [6.45, 7) is 5.69. The molecule has 1 aromatic rings. The molecule has 2 aliphatic heterocycles. The average Bonchev–Trinajstić information content (AvgIpc) is 2.93. The Morgan fingerprint density at radius 1 is 1.30 bits per heavy atom. The SMILES string of the molecule is C[C@H](c1cc2c(cc1[N+](=O)[O-])OCO2)N1CCNCC1. The number of rotatable bonds is 3. The van der Waals surface area contributed by atoms with Crippen molar-refractivity contribution in [2.45, 2.75) is 13.0 Å². The van der Waals surface area contributed by atoms with Crippen LogP contribution in [0.5, 0.6) is 11.5 Å². The van der Waals surface area contributed by atoms with Gasteiger partial charge in [0.25, 0.3) is 5.69 Å². The Hall–Kier alpha value is -1.86. The summed E-state index contributed by atoms with van der Waals surface area (Å²) in [5.74, 6) is 1.04. The lowest BCUT2D eigenvalue weighted by Gasteiger charge is -2.32. The minimum atomic E-state index is -0.351. The number of hydrogen-bond donors (Lipinski definition) is 1. The summed E-state index contributed by atoms with van der Waals surface area (Å²) in [4.78, 5) is 13.2. The Bertz CT molecular complexity index is 529. The highest BCUT2D eigenvalue weighted by atomic mass is 16.7. The maximum Gasteiger partial charge on any atom is 0.278 e. The lowest BCUT2D eigenvalue weighted by atomic mass is 10.0. The molecule has 7 nitrogen and oxygen atoms in total. The quantitative estimate of drug-likeness (QED) is 0.663. The first-order chi connectivity index (χ1) is 9.66. The van der Waals surface area contributed by atoms with E-state index in [1.165, 1.54) is 6.07 Å². The average molecular weight is 279 g/mol. The maximum absolute atomic E-state index is 11.3. The van der Waals surface area contributed by atoms with E-state index in [1.807, 2.05) is 6.92 Å². The summed E-state index contributed by atoms with van der Waals surface area (Å²) in [6, 6.07) is 3.19. The number of piperazine rings is 1. The Labute approximate surface area is 116 Å². The molecule has 7 heteroatoms. The lowest BCUT2D eigenvalue weighted by molar-refractivity contribution is -0.386. The molecule has 2 aliphatic rings. The van der Waals surface area contributed by atoms with Crippen LogP contribution < -0.4 is 14.8 Å². The Morgan fingerprint density at radius 3 is 2.60 bits per heavy atom. The number of ether oxygens (including phenoxy) is 2. The van der Waals surface area contributed by atoms with Gasteiger partial charge in [0.15, 0.2) is 11.5 Å². The van der Waals surface area contributed by atoms with E-state index in [-0.39, 0.29) is 23.4 Å². The molecule has 0 unspecified atom stereocenters. The van der Waals surface area contributed by atoms with Gasteiger partial charge in [0.1, 0.15) is 0 Å². The largest absolute Gasteiger partial charge is 0.454 e. The second kappa shape index (κ2) is 5.26. The van der Waals surface area contributed by atoms with Gasteiger partial charge in [-0.3, -0.25) is 15.0 Å². The van der Waals surface area contributed by atoms with Gasteiger partial charge in [-0.1, -0.05) is 0 Å². The van der Waals surface area contributed by atoms with E-state index in [0.29, 0.717) is 17.1 Å². The van der Waals surface area contributed by atoms with E-state index in [9.17, 15) is 10.1 Å². The van der Waals surface area contributed by atoms with Gasteiger partial charge < -0.3 is 14.8 Å². The summed E-state index contributed by atoms with van der Waals surface area (Å²) in [7, 11) is 0. The molecule has 0 amide bonds. The van der Waals surface area contributed by atoms with Crippen molar-refractivity contribution in [3.8, 4) is 11.5 Å². The van der Waals surface area contributed by atoms with Crippen LogP contribution >= 0.6 is 0 Å². The maximum atomic E-state index is 11.3. The normalized spacial score (nSPS) is 19.9. The van der Waals surface area contributed by atoms with Crippen molar-refractivity contribution in [2.24, 2.45) is 0 Å². The summed E-state index contributed by atoms with van der Waals surface area (Å²) in [5.41, 5.74) is 0.779. The smallest absolute Gasteiger partial charge is 0.278 e. The molecule has 1 atom stereocenters. The van der Waals surface area contributed by atoms with E-state index in [4.69, 9.17) is 9.47 Å². The molecule has 108 valence electrons. The number of nitro groups is 1. The Balaban J connectivity index is 1.96. The van der Waals surface area contributed by atoms with Crippen LogP contribution in [0.3, 0.4) is 0 Å². The van der Waals surface area contributed by atoms with Crippen LogP contribution in [-0.2, 0) is 0 Å². The number of hydrogen-bond acceptors (Lipinski definition) is 6. The Kier molecular flexibility index (Phi) is 3.45. The highest BCUT2D eigenvalue weighted by molar-refractivity contribution is 5.56. The molecule has 20 heavy (non-hydrogen) atoms. The van der Waals surface area contributed by atoms with Gasteiger partial charge in [-0.25, -0.2) is 0 Å². The zero-order valence-electron chi connectivity index (χ0n) is 11.3. The fourth-order valence-corrected chi connectivity index (χ4v) is 2.71. The van der Waals surface area contributed by atoms with Crippen LogP contribution in [0.15, 0.2) is 12.1 Å². The first-order valence-electron chi connectivity index (χ1n) is 6.69. The number of nitrogens with zero attached hydrogens (tertiary/aromatic N) is 2. The van der Waals surface area contributed by atoms with Crippen LogP contribution in [0, 0.1) is 10.1 Å². The van der Waals surface area contributed by atoms with Crippen LogP contribution in [0.4, 0.5) is 5.69 Å². The summed E-state index contributed by atoms with van der Waals surface area (Å²) >= 11 is 0. The zero-order chi connectivity index (χ0) is 14.1. The molecule has 0 spiro atoms. The van der Waals surface area contributed by atoms with Gasteiger partial charge in [-0.05, 0) is 13.0 Å². The third kappa shape index (κ3) is 2.30. The van der Waals surface area contributed by atoms with Crippen LogP contribution in [0.2, 0.25) is 0 Å². The molecule has 1 saturated heterocycles. The third-order valence-electron chi connectivity index (χ3n) is 3.87. The van der Waals surface area contributed by atoms with Crippen LogP contribution in [0.1, 0.15) is 18.5 Å². The van der Waals surface area contributed by atoms with Crippen LogP contribution in [0.25, 0.3) is 0 Å². The minimum absolute atomic E-state index is 0.0213. The standard InChI is InChI=1S/C13H17N3O4/c1-9(15-4-2-14-3-5-15)10-6-12-13(20-8-19-12)7-11(10)16(17)18/h6-7,9,14H,2-5,8H2,1H3/t9-/m1/s1. The predicted octanol–water partition coefficient (Wildman–Crippen LogP) is 1.29. The van der Waals surface area contributed by atoms with Crippen molar-refractivity contribution < 1.29 is 14.4 Å². The van der Waals surface area contributed by atoms with E-state index >= 15 is 0 Å². The summed E-state index contributed by atoms with van der Waals surface area (Å²) < 4.78 is 10.6. The molecule has 1 N–H and O–H groups in total. The number of benzene rings is 1. The third-order valence-corrected chi connectivity index (χ3v) is 3.87. The molecular formula is C13H17N3O4. The molecule has 2 heterocycles.